The van der Waals surface area contributed by atoms with E-state index in [2.05, 4.69) is 15.1 Å². The van der Waals surface area contributed by atoms with Crippen molar-refractivity contribution in [3.8, 4) is 0 Å². The highest BCUT2D eigenvalue weighted by Crippen LogP contribution is 2.17. The Bertz CT molecular complexity index is 969. The molecule has 20 heavy (non-hydrogen) atoms. The summed E-state index contributed by atoms with van der Waals surface area (Å²) in [6.45, 7) is 0. The molecule has 1 aromatic carbocycles. The van der Waals surface area contributed by atoms with E-state index in [0.29, 0.717) is 16.9 Å². The number of methoxy groups -OCH3 is 1. The van der Waals surface area contributed by atoms with Crippen molar-refractivity contribution in [1.29, 1.82) is 0 Å². The number of carbonyl (C=O) groups is 1. The van der Waals surface area contributed by atoms with E-state index in [1.807, 2.05) is 16.8 Å². The van der Waals surface area contributed by atoms with Crippen LogP contribution in [-0.2, 0) is 4.74 Å². The highest BCUT2D eigenvalue weighted by molar-refractivity contribution is 5.94. The van der Waals surface area contributed by atoms with Crippen molar-refractivity contribution in [1.82, 2.24) is 19.6 Å². The molecular weight excluding hydrogens is 258 g/mol. The quantitative estimate of drug-likeness (QED) is 0.368. The SMILES string of the molecule is COC(=O)c1ccc2c(c1)c[n+]1[n-]c3nccnc3n21. The molecule has 98 valence electrons. The molecule has 3 heterocycles. The maximum atomic E-state index is 11.5. The first-order valence-electron chi connectivity index (χ1n) is 5.97. The molecule has 7 nitrogen and oxygen atoms in total. The van der Waals surface area contributed by atoms with Gasteiger partial charge in [0, 0.05) is 6.20 Å². The summed E-state index contributed by atoms with van der Waals surface area (Å²) in [5, 5.41) is 5.22. The van der Waals surface area contributed by atoms with E-state index in [1.54, 1.807) is 29.2 Å². The molecule has 4 aromatic rings. The van der Waals surface area contributed by atoms with Gasteiger partial charge in [0.1, 0.15) is 5.65 Å². The van der Waals surface area contributed by atoms with Crippen LogP contribution in [-0.4, -0.2) is 27.6 Å². The minimum Gasteiger partial charge on any atom is -0.465 e. The first kappa shape index (κ1) is 10.9. The molecule has 0 aliphatic rings. The molecule has 4 rings (SSSR count). The smallest absolute Gasteiger partial charge is 0.337 e. The third kappa shape index (κ3) is 1.34. The average molecular weight is 267 g/mol. The van der Waals surface area contributed by atoms with Crippen LogP contribution in [0.1, 0.15) is 10.4 Å². The van der Waals surface area contributed by atoms with E-state index in [0.717, 1.165) is 10.9 Å². The van der Waals surface area contributed by atoms with Gasteiger partial charge in [0.2, 0.25) is 6.20 Å². The summed E-state index contributed by atoms with van der Waals surface area (Å²) in [7, 11) is 1.36. The lowest BCUT2D eigenvalue weighted by Crippen LogP contribution is -2.28. The minimum atomic E-state index is -0.361. The van der Waals surface area contributed by atoms with E-state index >= 15 is 0 Å². The van der Waals surface area contributed by atoms with Crippen molar-refractivity contribution in [2.45, 2.75) is 0 Å². The zero-order valence-corrected chi connectivity index (χ0v) is 10.5. The molecular formula is C13H9N5O2. The fraction of sp³-hybridized carbons (Fsp3) is 0.0769. The van der Waals surface area contributed by atoms with Crippen molar-refractivity contribution in [3.63, 3.8) is 0 Å². The largest absolute Gasteiger partial charge is 0.465 e. The van der Waals surface area contributed by atoms with Gasteiger partial charge < -0.3 is 9.72 Å². The van der Waals surface area contributed by atoms with Gasteiger partial charge in [0.05, 0.1) is 23.6 Å². The predicted molar refractivity (Wildman–Crippen MR) is 68.3 cm³/mol. The Kier molecular flexibility index (Phi) is 2.06. The first-order chi connectivity index (χ1) is 9.78. The summed E-state index contributed by atoms with van der Waals surface area (Å²) in [5.74, 6) is -0.361. The third-order valence-electron chi connectivity index (χ3n) is 3.19. The zero-order valence-electron chi connectivity index (χ0n) is 10.5. The summed E-state index contributed by atoms with van der Waals surface area (Å²) in [4.78, 5) is 20.0. The second-order valence-corrected chi connectivity index (χ2v) is 4.33. The summed E-state index contributed by atoms with van der Waals surface area (Å²) >= 11 is 0. The molecule has 0 unspecified atom stereocenters. The van der Waals surface area contributed by atoms with Gasteiger partial charge in [0.25, 0.3) is 0 Å². The summed E-state index contributed by atoms with van der Waals surface area (Å²) in [6.07, 6.45) is 5.05. The minimum absolute atomic E-state index is 0.361. The Morgan fingerprint density at radius 1 is 1.35 bits per heavy atom. The van der Waals surface area contributed by atoms with E-state index < -0.39 is 0 Å². The van der Waals surface area contributed by atoms with Gasteiger partial charge in [-0.3, -0.25) is 0 Å². The Hall–Kier alpha value is -2.96. The van der Waals surface area contributed by atoms with Gasteiger partial charge >= 0.3 is 5.97 Å². The molecule has 0 spiro atoms. The van der Waals surface area contributed by atoms with E-state index in [1.165, 1.54) is 7.11 Å². The normalized spacial score (nSPS) is 11.4. The molecule has 0 atom stereocenters. The van der Waals surface area contributed by atoms with Crippen molar-refractivity contribution in [3.05, 3.63) is 42.4 Å². The molecule has 0 fully saturated rings. The van der Waals surface area contributed by atoms with Crippen LogP contribution >= 0.6 is 0 Å². The zero-order chi connectivity index (χ0) is 13.7. The lowest BCUT2D eigenvalue weighted by Gasteiger charge is -1.98. The lowest BCUT2D eigenvalue weighted by atomic mass is 10.1. The van der Waals surface area contributed by atoms with Gasteiger partial charge in [-0.2, -0.15) is 4.52 Å². The van der Waals surface area contributed by atoms with Gasteiger partial charge in [-0.25, -0.2) is 9.78 Å². The van der Waals surface area contributed by atoms with Crippen LogP contribution in [0.4, 0.5) is 0 Å². The van der Waals surface area contributed by atoms with Crippen LogP contribution in [0.5, 0.6) is 0 Å². The highest BCUT2D eigenvalue weighted by atomic mass is 16.5. The molecule has 0 saturated carbocycles. The number of esters is 1. The lowest BCUT2D eigenvalue weighted by molar-refractivity contribution is -0.671. The molecule has 0 aliphatic carbocycles. The van der Waals surface area contributed by atoms with Gasteiger partial charge in [-0.05, 0) is 24.4 Å². The van der Waals surface area contributed by atoms with E-state index in [-0.39, 0.29) is 5.97 Å². The molecule has 0 N–H and O–H groups in total. The maximum absolute atomic E-state index is 11.5. The van der Waals surface area contributed by atoms with Gasteiger partial charge in [0.15, 0.2) is 5.65 Å². The Balaban J connectivity index is 2.08. The molecule has 0 saturated heterocycles. The second kappa shape index (κ2) is 3.77. The maximum Gasteiger partial charge on any atom is 0.337 e. The standard InChI is InChI=1S/C13H9N5O2/c1-20-13(19)8-2-3-10-9(6-8)7-17-16-11-12(18(10)17)15-5-4-14-11/h2-7H,1H3. The fourth-order valence-electron chi connectivity index (χ4n) is 2.31. The molecule has 0 amide bonds. The molecule has 0 radical (unpaired) electrons. The Morgan fingerprint density at radius 2 is 2.20 bits per heavy atom. The topological polar surface area (TPSA) is 74.7 Å². The second-order valence-electron chi connectivity index (χ2n) is 4.33. The van der Waals surface area contributed by atoms with Gasteiger partial charge in [-0.15, -0.1) is 5.10 Å². The summed E-state index contributed by atoms with van der Waals surface area (Å²) in [5.41, 5.74) is 2.66. The Labute approximate surface area is 112 Å². The monoisotopic (exact) mass is 267 g/mol. The van der Waals surface area contributed by atoms with Crippen LogP contribution in [0, 0.1) is 0 Å². The average Bonchev–Trinajstić information content (AvgIpc) is 3.00. The van der Waals surface area contributed by atoms with Crippen molar-refractivity contribution in [2.24, 2.45) is 0 Å². The first-order valence-corrected chi connectivity index (χ1v) is 5.97. The summed E-state index contributed by atoms with van der Waals surface area (Å²) < 4.78 is 8.23. The van der Waals surface area contributed by atoms with E-state index in [9.17, 15) is 4.79 Å². The number of hydrogen-bond acceptors (Lipinski definition) is 4. The van der Waals surface area contributed by atoms with Crippen LogP contribution < -0.4 is 9.73 Å². The fourth-order valence-corrected chi connectivity index (χ4v) is 2.31. The Morgan fingerprint density at radius 3 is 3.05 bits per heavy atom. The van der Waals surface area contributed by atoms with Crippen LogP contribution in [0.3, 0.4) is 0 Å². The number of aromatic nitrogens is 5. The highest BCUT2D eigenvalue weighted by Gasteiger charge is 2.14. The number of benzene rings is 1. The van der Waals surface area contributed by atoms with Gasteiger partial charge in [-0.1, -0.05) is 4.63 Å². The third-order valence-corrected chi connectivity index (χ3v) is 3.19. The number of fused-ring (bicyclic) bond motifs is 5. The number of nitrogens with zero attached hydrogens (tertiary/aromatic N) is 5. The molecule has 7 heteroatoms. The van der Waals surface area contributed by atoms with Crippen LogP contribution in [0.25, 0.3) is 22.2 Å². The van der Waals surface area contributed by atoms with Crippen molar-refractivity contribution in [2.75, 3.05) is 7.11 Å². The van der Waals surface area contributed by atoms with E-state index in [4.69, 9.17) is 4.74 Å². The number of ether oxygens (including phenoxy) is 1. The number of hydrogen-bond donors (Lipinski definition) is 0. The van der Waals surface area contributed by atoms with Crippen molar-refractivity contribution < 1.29 is 14.2 Å². The predicted octanol–water partition coefficient (Wildman–Crippen LogP) is 0.365. The van der Waals surface area contributed by atoms with Crippen LogP contribution in [0.15, 0.2) is 36.8 Å². The number of rotatable bonds is 1. The molecule has 0 aliphatic heterocycles. The summed E-state index contributed by atoms with van der Waals surface area (Å²) in [6, 6.07) is 5.33. The number of carbonyl (C=O) groups excluding carboxylic acids is 1. The molecule has 0 bridgehead atoms. The van der Waals surface area contributed by atoms with Crippen LogP contribution in [0.2, 0.25) is 0 Å². The molecule has 3 aromatic heterocycles. The van der Waals surface area contributed by atoms with Crippen molar-refractivity contribution >= 4 is 28.2 Å².